The first-order valence-corrected chi connectivity index (χ1v) is 5.66. The molecule has 0 bridgehead atoms. The monoisotopic (exact) mass is 294 g/mol. The van der Waals surface area contributed by atoms with Gasteiger partial charge in [-0.25, -0.2) is 4.79 Å². The lowest BCUT2D eigenvalue weighted by Crippen LogP contribution is -2.02. The third-order valence-electron chi connectivity index (χ3n) is 2.37. The third-order valence-corrected chi connectivity index (χ3v) is 2.66. The van der Waals surface area contributed by atoms with E-state index in [9.17, 15) is 14.9 Å². The van der Waals surface area contributed by atoms with Gasteiger partial charge in [0.25, 0.3) is 0 Å². The number of pyridine rings is 1. The summed E-state index contributed by atoms with van der Waals surface area (Å²) in [5, 5.41) is 19.9. The van der Waals surface area contributed by atoms with Crippen molar-refractivity contribution < 1.29 is 19.6 Å². The Balaban J connectivity index is 2.51. The van der Waals surface area contributed by atoms with Crippen molar-refractivity contribution in [3.8, 4) is 11.5 Å². The van der Waals surface area contributed by atoms with Crippen LogP contribution in [0.2, 0.25) is 5.02 Å². The number of para-hydroxylation sites is 1. The molecule has 2 aromatic rings. The topological polar surface area (TPSA) is 103 Å². The number of nitro benzene ring substituents is 1. The average Bonchev–Trinajstić information content (AvgIpc) is 2.41. The third kappa shape index (κ3) is 2.67. The van der Waals surface area contributed by atoms with Crippen LogP contribution in [0.15, 0.2) is 36.7 Å². The number of rotatable bonds is 4. The molecule has 0 aliphatic rings. The highest BCUT2D eigenvalue weighted by atomic mass is 35.5. The van der Waals surface area contributed by atoms with E-state index in [2.05, 4.69) is 4.98 Å². The van der Waals surface area contributed by atoms with Crippen molar-refractivity contribution >= 4 is 23.3 Å². The Morgan fingerprint density at radius 1 is 1.40 bits per heavy atom. The summed E-state index contributed by atoms with van der Waals surface area (Å²) >= 11 is 5.86. The number of benzene rings is 1. The van der Waals surface area contributed by atoms with E-state index in [1.165, 1.54) is 30.5 Å². The number of hydrogen-bond donors (Lipinski definition) is 1. The van der Waals surface area contributed by atoms with E-state index >= 15 is 0 Å². The fourth-order valence-electron chi connectivity index (χ4n) is 1.48. The largest absolute Gasteiger partial charge is 0.477 e. The molecule has 0 fully saturated rings. The molecule has 20 heavy (non-hydrogen) atoms. The molecule has 7 nitrogen and oxygen atoms in total. The Labute approximate surface area is 117 Å². The van der Waals surface area contributed by atoms with Gasteiger partial charge >= 0.3 is 11.7 Å². The second-order valence-electron chi connectivity index (χ2n) is 3.62. The van der Waals surface area contributed by atoms with Crippen LogP contribution in [0.4, 0.5) is 5.69 Å². The summed E-state index contributed by atoms with van der Waals surface area (Å²) in [5.74, 6) is -1.56. The molecule has 102 valence electrons. The number of aromatic carboxylic acids is 1. The van der Waals surface area contributed by atoms with Gasteiger partial charge in [-0.15, -0.1) is 0 Å². The lowest BCUT2D eigenvalue weighted by Gasteiger charge is -2.09. The molecule has 1 N–H and O–H groups in total. The number of aromatic nitrogens is 1. The second-order valence-corrected chi connectivity index (χ2v) is 4.03. The normalized spacial score (nSPS) is 10.1. The van der Waals surface area contributed by atoms with Gasteiger partial charge in [0, 0.05) is 24.5 Å². The van der Waals surface area contributed by atoms with Crippen LogP contribution >= 0.6 is 11.6 Å². The quantitative estimate of drug-likeness (QED) is 0.686. The summed E-state index contributed by atoms with van der Waals surface area (Å²) in [6.07, 6.45) is 2.39. The van der Waals surface area contributed by atoms with Crippen molar-refractivity contribution in [2.24, 2.45) is 0 Å². The highest BCUT2D eigenvalue weighted by Gasteiger charge is 2.21. The van der Waals surface area contributed by atoms with Crippen molar-refractivity contribution in [3.05, 3.63) is 57.4 Å². The average molecular weight is 295 g/mol. The lowest BCUT2D eigenvalue weighted by atomic mass is 10.2. The van der Waals surface area contributed by atoms with Gasteiger partial charge in [0.1, 0.15) is 11.3 Å². The first-order chi connectivity index (χ1) is 9.50. The van der Waals surface area contributed by atoms with E-state index in [0.29, 0.717) is 0 Å². The zero-order valence-corrected chi connectivity index (χ0v) is 10.6. The van der Waals surface area contributed by atoms with Gasteiger partial charge in [0.05, 0.1) is 9.95 Å². The van der Waals surface area contributed by atoms with E-state index in [0.717, 1.165) is 6.20 Å². The molecule has 0 radical (unpaired) electrons. The van der Waals surface area contributed by atoms with Crippen molar-refractivity contribution in [1.29, 1.82) is 0 Å². The van der Waals surface area contributed by atoms with E-state index in [-0.39, 0.29) is 27.8 Å². The van der Waals surface area contributed by atoms with Crippen LogP contribution in [0.5, 0.6) is 11.5 Å². The molecular weight excluding hydrogens is 288 g/mol. The number of carbonyl (C=O) groups is 1. The maximum Gasteiger partial charge on any atom is 0.341 e. The molecular formula is C12H7ClN2O5. The van der Waals surface area contributed by atoms with Crippen molar-refractivity contribution in [2.75, 3.05) is 0 Å². The molecule has 0 unspecified atom stereocenters. The number of carboxylic acids is 1. The van der Waals surface area contributed by atoms with Crippen LogP contribution in [0.3, 0.4) is 0 Å². The number of ether oxygens (including phenoxy) is 1. The predicted molar refractivity (Wildman–Crippen MR) is 69.4 cm³/mol. The number of hydrogen-bond acceptors (Lipinski definition) is 5. The standard InChI is InChI=1S/C12H7ClN2O5/c13-8-2-1-3-9(15(18)19)11(8)20-10-4-5-14-6-7(10)12(16)17/h1-6H,(H,16,17). The van der Waals surface area contributed by atoms with E-state index in [1.807, 2.05) is 0 Å². The molecule has 2 rings (SSSR count). The summed E-state index contributed by atoms with van der Waals surface area (Å²) in [6.45, 7) is 0. The van der Waals surface area contributed by atoms with E-state index in [4.69, 9.17) is 21.4 Å². The van der Waals surface area contributed by atoms with Gasteiger partial charge < -0.3 is 9.84 Å². The maximum absolute atomic E-state index is 11.0. The zero-order valence-electron chi connectivity index (χ0n) is 9.82. The first kappa shape index (κ1) is 13.8. The van der Waals surface area contributed by atoms with Crippen molar-refractivity contribution in [1.82, 2.24) is 4.98 Å². The molecule has 0 saturated heterocycles. The Morgan fingerprint density at radius 2 is 2.15 bits per heavy atom. The SMILES string of the molecule is O=C(O)c1cnccc1Oc1c(Cl)cccc1[N+](=O)[O-]. The lowest BCUT2D eigenvalue weighted by molar-refractivity contribution is -0.385. The van der Waals surface area contributed by atoms with Crippen LogP contribution in [-0.4, -0.2) is 21.0 Å². The van der Waals surface area contributed by atoms with E-state index < -0.39 is 10.9 Å². The minimum Gasteiger partial charge on any atom is -0.477 e. The molecule has 0 aliphatic heterocycles. The van der Waals surface area contributed by atoms with Gasteiger partial charge in [-0.05, 0) is 6.07 Å². The highest BCUT2D eigenvalue weighted by Crippen LogP contribution is 2.38. The number of nitrogens with zero attached hydrogens (tertiary/aromatic N) is 2. The Hall–Kier alpha value is -2.67. The summed E-state index contributed by atoms with van der Waals surface area (Å²) in [7, 11) is 0. The van der Waals surface area contributed by atoms with Gasteiger partial charge in [0.15, 0.2) is 0 Å². The van der Waals surface area contributed by atoms with Crippen molar-refractivity contribution in [2.45, 2.75) is 0 Å². The molecule has 8 heteroatoms. The van der Waals surface area contributed by atoms with Crippen molar-refractivity contribution in [3.63, 3.8) is 0 Å². The van der Waals surface area contributed by atoms with Gasteiger partial charge in [-0.2, -0.15) is 0 Å². The minimum absolute atomic E-state index is 0.00681. The minimum atomic E-state index is -1.26. The highest BCUT2D eigenvalue weighted by molar-refractivity contribution is 6.32. The smallest absolute Gasteiger partial charge is 0.341 e. The molecule has 1 aromatic heterocycles. The van der Waals surface area contributed by atoms with Gasteiger partial charge in [-0.3, -0.25) is 15.1 Å². The van der Waals surface area contributed by atoms with Crippen LogP contribution in [0, 0.1) is 10.1 Å². The van der Waals surface area contributed by atoms with Gasteiger partial charge in [0.2, 0.25) is 5.75 Å². The molecule has 0 amide bonds. The number of nitro groups is 1. The Morgan fingerprint density at radius 3 is 2.80 bits per heavy atom. The van der Waals surface area contributed by atoms with Crippen LogP contribution in [0.25, 0.3) is 0 Å². The van der Waals surface area contributed by atoms with Crippen LogP contribution < -0.4 is 4.74 Å². The van der Waals surface area contributed by atoms with Crippen LogP contribution in [0.1, 0.15) is 10.4 Å². The number of halogens is 1. The summed E-state index contributed by atoms with van der Waals surface area (Å²) in [6, 6.07) is 5.31. The van der Waals surface area contributed by atoms with E-state index in [1.54, 1.807) is 0 Å². The Kier molecular flexibility index (Phi) is 3.81. The summed E-state index contributed by atoms with van der Waals surface area (Å²) < 4.78 is 5.30. The summed E-state index contributed by atoms with van der Waals surface area (Å²) in [4.78, 5) is 24.9. The molecule has 1 heterocycles. The summed E-state index contributed by atoms with van der Waals surface area (Å²) in [5.41, 5.74) is -0.577. The zero-order chi connectivity index (χ0) is 14.7. The predicted octanol–water partition coefficient (Wildman–Crippen LogP) is 3.13. The second kappa shape index (κ2) is 5.54. The molecule has 0 aliphatic carbocycles. The molecule has 1 aromatic carbocycles. The Bertz CT molecular complexity index is 689. The van der Waals surface area contributed by atoms with Gasteiger partial charge in [-0.1, -0.05) is 17.7 Å². The fourth-order valence-corrected chi connectivity index (χ4v) is 1.69. The molecule has 0 spiro atoms. The number of carboxylic acid groups (broad SMARTS) is 1. The molecule has 0 saturated carbocycles. The maximum atomic E-state index is 11.0. The van der Waals surface area contributed by atoms with Crippen LogP contribution in [-0.2, 0) is 0 Å². The first-order valence-electron chi connectivity index (χ1n) is 5.28. The fraction of sp³-hybridized carbons (Fsp3) is 0. The molecule has 0 atom stereocenters.